The van der Waals surface area contributed by atoms with Gasteiger partial charge in [-0.25, -0.2) is 0 Å². The van der Waals surface area contributed by atoms with Gasteiger partial charge in [0, 0.05) is 47.8 Å². The molecule has 3 aromatic heterocycles. The average molecular weight is 673 g/mol. The predicted molar refractivity (Wildman–Crippen MR) is 152 cm³/mol. The van der Waals surface area contributed by atoms with E-state index in [-0.39, 0.29) is 25.5 Å². The van der Waals surface area contributed by atoms with Crippen molar-refractivity contribution in [1.29, 1.82) is 0 Å². The summed E-state index contributed by atoms with van der Waals surface area (Å²) in [6.45, 7) is 6.77. The molecule has 3 nitrogen and oxygen atoms in total. The van der Waals surface area contributed by atoms with Crippen LogP contribution in [0.1, 0.15) is 26.3 Å². The van der Waals surface area contributed by atoms with Gasteiger partial charge in [0.25, 0.3) is 0 Å². The van der Waals surface area contributed by atoms with Crippen LogP contribution in [0.25, 0.3) is 66.3 Å². The van der Waals surface area contributed by atoms with E-state index in [1.165, 1.54) is 5.56 Å². The molecule has 4 heteroatoms. The van der Waals surface area contributed by atoms with Crippen LogP contribution in [0.15, 0.2) is 100.0 Å². The van der Waals surface area contributed by atoms with Gasteiger partial charge < -0.3 is 13.8 Å². The molecule has 189 valence electrons. The number of hydrogen-bond acceptors (Lipinski definition) is 3. The van der Waals surface area contributed by atoms with Gasteiger partial charge in [0.15, 0.2) is 0 Å². The van der Waals surface area contributed by atoms with Crippen molar-refractivity contribution in [3.63, 3.8) is 0 Å². The summed E-state index contributed by atoms with van der Waals surface area (Å²) in [7, 11) is 0. The van der Waals surface area contributed by atoms with Gasteiger partial charge in [0.05, 0.1) is 5.56 Å². The number of nitrogens with zero attached hydrogens (tertiary/aromatic N) is 1. The molecule has 1 radical (unpaired) electrons. The Hall–Kier alpha value is -3.72. The minimum Gasteiger partial charge on any atom is -0.455 e. The molecule has 0 saturated heterocycles. The van der Waals surface area contributed by atoms with Crippen LogP contribution in [-0.4, -0.2) is 4.98 Å². The topological polar surface area (TPSA) is 39.2 Å². The SMILES string of the molecule is CC(C)(C)Cc1cnc(-c2[c-]cccc2)cc1-c1c2oc3ccccc3c2cc2c1oc1ccccc12.[Ir]. The van der Waals surface area contributed by atoms with Crippen molar-refractivity contribution in [3.05, 3.63) is 103 Å². The van der Waals surface area contributed by atoms with Gasteiger partial charge >= 0.3 is 0 Å². The van der Waals surface area contributed by atoms with E-state index >= 15 is 0 Å². The second-order valence-electron chi connectivity index (χ2n) is 10.9. The molecule has 0 N–H and O–H groups in total. The van der Waals surface area contributed by atoms with E-state index in [1.807, 2.05) is 54.7 Å². The third-order valence-electron chi connectivity index (χ3n) is 6.97. The van der Waals surface area contributed by atoms with Gasteiger partial charge in [-0.3, -0.25) is 0 Å². The molecule has 0 atom stereocenters. The van der Waals surface area contributed by atoms with E-state index in [4.69, 9.17) is 13.8 Å². The zero-order chi connectivity index (χ0) is 25.1. The van der Waals surface area contributed by atoms with Crippen molar-refractivity contribution >= 4 is 43.9 Å². The first-order valence-corrected chi connectivity index (χ1v) is 12.7. The number of benzene rings is 4. The summed E-state index contributed by atoms with van der Waals surface area (Å²) in [5, 5.41) is 4.40. The van der Waals surface area contributed by atoms with Gasteiger partial charge in [-0.05, 0) is 46.9 Å². The Morgan fingerprint density at radius 3 is 1.92 bits per heavy atom. The minimum absolute atomic E-state index is 0. The molecular weight excluding hydrogens is 647 g/mol. The van der Waals surface area contributed by atoms with Gasteiger partial charge in [0.2, 0.25) is 0 Å². The molecule has 7 aromatic rings. The van der Waals surface area contributed by atoms with Crippen LogP contribution in [0.2, 0.25) is 0 Å². The van der Waals surface area contributed by atoms with Crippen molar-refractivity contribution in [1.82, 2.24) is 4.98 Å². The number of aromatic nitrogens is 1. The maximum atomic E-state index is 6.58. The fourth-order valence-electron chi connectivity index (χ4n) is 5.41. The second kappa shape index (κ2) is 9.23. The van der Waals surface area contributed by atoms with Crippen LogP contribution in [0.4, 0.5) is 0 Å². The molecule has 0 aliphatic heterocycles. The Morgan fingerprint density at radius 2 is 1.34 bits per heavy atom. The van der Waals surface area contributed by atoms with Crippen molar-refractivity contribution in [2.24, 2.45) is 5.41 Å². The number of fused-ring (bicyclic) bond motifs is 6. The van der Waals surface area contributed by atoms with E-state index in [0.717, 1.165) is 72.7 Å². The van der Waals surface area contributed by atoms with Crippen molar-refractivity contribution in [2.75, 3.05) is 0 Å². The Labute approximate surface area is 234 Å². The van der Waals surface area contributed by atoms with Crippen LogP contribution >= 0.6 is 0 Å². The smallest absolute Gasteiger partial charge is 0.147 e. The predicted octanol–water partition coefficient (Wildman–Crippen LogP) is 9.60. The first-order valence-electron chi connectivity index (χ1n) is 12.7. The molecule has 0 fully saturated rings. The van der Waals surface area contributed by atoms with E-state index in [0.29, 0.717) is 0 Å². The molecule has 0 aliphatic carbocycles. The molecule has 0 bridgehead atoms. The third-order valence-corrected chi connectivity index (χ3v) is 6.97. The summed E-state index contributed by atoms with van der Waals surface area (Å²) in [5.74, 6) is 0. The van der Waals surface area contributed by atoms with E-state index in [2.05, 4.69) is 63.2 Å². The van der Waals surface area contributed by atoms with Crippen LogP contribution < -0.4 is 0 Å². The monoisotopic (exact) mass is 673 g/mol. The normalized spacial score (nSPS) is 12.0. The summed E-state index contributed by atoms with van der Waals surface area (Å²) in [4.78, 5) is 4.87. The maximum Gasteiger partial charge on any atom is 0.147 e. The number of para-hydroxylation sites is 2. The summed E-state index contributed by atoms with van der Waals surface area (Å²) in [6.07, 6.45) is 2.89. The number of pyridine rings is 1. The molecule has 0 amide bonds. The largest absolute Gasteiger partial charge is 0.455 e. The molecule has 0 spiro atoms. The average Bonchev–Trinajstić information content (AvgIpc) is 3.45. The number of furan rings is 2. The van der Waals surface area contributed by atoms with Crippen LogP contribution in [0.3, 0.4) is 0 Å². The molecule has 3 heterocycles. The summed E-state index contributed by atoms with van der Waals surface area (Å²) in [5.41, 5.74) is 8.60. The van der Waals surface area contributed by atoms with Crippen LogP contribution in [-0.2, 0) is 26.5 Å². The molecule has 4 aromatic carbocycles. The Balaban J connectivity index is 0.00000264. The fraction of sp³-hybridized carbons (Fsp3) is 0.147. The summed E-state index contributed by atoms with van der Waals surface area (Å²) >= 11 is 0. The summed E-state index contributed by atoms with van der Waals surface area (Å²) in [6, 6.07) is 32.2. The van der Waals surface area contributed by atoms with Crippen LogP contribution in [0.5, 0.6) is 0 Å². The minimum atomic E-state index is 0. The first kappa shape index (κ1) is 24.6. The first-order chi connectivity index (χ1) is 18.0. The fourth-order valence-corrected chi connectivity index (χ4v) is 5.41. The standard InChI is InChI=1S/C34H26NO2.Ir/c1-34(2,3)19-22-20-35-28(21-11-5-4-6-12-21)18-25(22)31-32-26(23-13-7-9-15-29(23)36-32)17-27-24-14-8-10-16-30(24)37-33(27)31;/h4-11,13-18,20H,19H2,1-3H3;/q-1;. The van der Waals surface area contributed by atoms with Crippen molar-refractivity contribution in [3.8, 4) is 22.4 Å². The number of rotatable bonds is 3. The van der Waals surface area contributed by atoms with Crippen LogP contribution in [0, 0.1) is 11.5 Å². The van der Waals surface area contributed by atoms with E-state index in [1.54, 1.807) is 0 Å². The zero-order valence-corrected chi connectivity index (χ0v) is 23.9. The third kappa shape index (κ3) is 4.05. The maximum absolute atomic E-state index is 6.58. The summed E-state index contributed by atoms with van der Waals surface area (Å²) < 4.78 is 13.2. The van der Waals surface area contributed by atoms with Gasteiger partial charge in [0.1, 0.15) is 22.3 Å². The van der Waals surface area contributed by atoms with E-state index in [9.17, 15) is 0 Å². The molecule has 0 unspecified atom stereocenters. The second-order valence-corrected chi connectivity index (χ2v) is 10.9. The van der Waals surface area contributed by atoms with Crippen molar-refractivity contribution in [2.45, 2.75) is 27.2 Å². The Morgan fingerprint density at radius 1 is 0.737 bits per heavy atom. The Kier molecular flexibility index (Phi) is 5.98. The van der Waals surface area contributed by atoms with Gasteiger partial charge in [-0.15, -0.1) is 35.9 Å². The molecule has 38 heavy (non-hydrogen) atoms. The molecule has 0 saturated carbocycles. The van der Waals surface area contributed by atoms with Crippen molar-refractivity contribution < 1.29 is 28.9 Å². The quantitative estimate of drug-likeness (QED) is 0.176. The molecule has 0 aliphatic rings. The van der Waals surface area contributed by atoms with Gasteiger partial charge in [-0.1, -0.05) is 63.2 Å². The molecule has 7 rings (SSSR count). The van der Waals surface area contributed by atoms with Gasteiger partial charge in [-0.2, -0.15) is 0 Å². The number of hydrogen-bond donors (Lipinski definition) is 0. The molecular formula is C34H26IrNO2-. The Bertz CT molecular complexity index is 1850. The van der Waals surface area contributed by atoms with E-state index < -0.39 is 0 Å². The zero-order valence-electron chi connectivity index (χ0n) is 21.5.